The van der Waals surface area contributed by atoms with Gasteiger partial charge in [-0.15, -0.1) is 12.3 Å². The van der Waals surface area contributed by atoms with E-state index in [1.54, 1.807) is 0 Å². The Bertz CT molecular complexity index is 172. The maximum Gasteiger partial charge on any atom is 0.0552 e. The first-order valence-corrected chi connectivity index (χ1v) is 5.94. The van der Waals surface area contributed by atoms with Crippen molar-refractivity contribution in [2.24, 2.45) is 5.92 Å². The SMILES string of the molecule is C#CCCC(O)CC1CCCCCC1. The van der Waals surface area contributed by atoms with Crippen molar-refractivity contribution in [3.8, 4) is 12.3 Å². The summed E-state index contributed by atoms with van der Waals surface area (Å²) in [6, 6.07) is 0. The number of aliphatic hydroxyl groups is 1. The first-order chi connectivity index (χ1) is 6.83. The molecule has 1 aliphatic rings. The molecule has 1 rings (SSSR count). The first-order valence-electron chi connectivity index (χ1n) is 5.94. The van der Waals surface area contributed by atoms with Crippen LogP contribution in [0.15, 0.2) is 0 Å². The van der Waals surface area contributed by atoms with E-state index in [4.69, 9.17) is 6.42 Å². The van der Waals surface area contributed by atoms with Gasteiger partial charge in [0.15, 0.2) is 0 Å². The van der Waals surface area contributed by atoms with Gasteiger partial charge in [0.2, 0.25) is 0 Å². The fourth-order valence-corrected chi connectivity index (χ4v) is 2.35. The van der Waals surface area contributed by atoms with Crippen LogP contribution in [0.5, 0.6) is 0 Å². The third kappa shape index (κ3) is 4.67. The summed E-state index contributed by atoms with van der Waals surface area (Å²) in [4.78, 5) is 0. The predicted molar refractivity (Wildman–Crippen MR) is 59.9 cm³/mol. The van der Waals surface area contributed by atoms with Crippen LogP contribution in [0.1, 0.15) is 57.8 Å². The molecular formula is C13H22O. The highest BCUT2D eigenvalue weighted by Crippen LogP contribution is 2.27. The van der Waals surface area contributed by atoms with Crippen molar-refractivity contribution in [2.75, 3.05) is 0 Å². The van der Waals surface area contributed by atoms with Gasteiger partial charge < -0.3 is 5.11 Å². The van der Waals surface area contributed by atoms with Gasteiger partial charge in [0.1, 0.15) is 0 Å². The smallest absolute Gasteiger partial charge is 0.0552 e. The molecule has 1 heteroatoms. The van der Waals surface area contributed by atoms with Gasteiger partial charge in [-0.25, -0.2) is 0 Å². The highest BCUT2D eigenvalue weighted by Gasteiger charge is 2.15. The Labute approximate surface area is 87.9 Å². The third-order valence-electron chi connectivity index (χ3n) is 3.20. The van der Waals surface area contributed by atoms with Gasteiger partial charge in [-0.2, -0.15) is 0 Å². The second-order valence-corrected chi connectivity index (χ2v) is 4.49. The Kier molecular flexibility index (Phi) is 5.71. The van der Waals surface area contributed by atoms with Crippen molar-refractivity contribution in [3.05, 3.63) is 0 Å². The molecule has 0 aromatic rings. The zero-order chi connectivity index (χ0) is 10.2. The normalized spacial score (nSPS) is 21.1. The molecule has 0 aromatic heterocycles. The Balaban J connectivity index is 2.17. The third-order valence-corrected chi connectivity index (χ3v) is 3.20. The fraction of sp³-hybridized carbons (Fsp3) is 0.846. The molecule has 1 unspecified atom stereocenters. The van der Waals surface area contributed by atoms with Gasteiger partial charge in [0.25, 0.3) is 0 Å². The molecule has 0 aliphatic heterocycles. The lowest BCUT2D eigenvalue weighted by Crippen LogP contribution is -2.13. The van der Waals surface area contributed by atoms with E-state index < -0.39 is 0 Å². The summed E-state index contributed by atoms with van der Waals surface area (Å²) in [5, 5.41) is 9.73. The van der Waals surface area contributed by atoms with Crippen LogP contribution in [0.4, 0.5) is 0 Å². The lowest BCUT2D eigenvalue weighted by atomic mass is 9.92. The van der Waals surface area contributed by atoms with Crippen molar-refractivity contribution in [3.63, 3.8) is 0 Å². The van der Waals surface area contributed by atoms with Gasteiger partial charge in [-0.1, -0.05) is 38.5 Å². The van der Waals surface area contributed by atoms with E-state index in [2.05, 4.69) is 5.92 Å². The van der Waals surface area contributed by atoms with Gasteiger partial charge >= 0.3 is 0 Å². The lowest BCUT2D eigenvalue weighted by Gasteiger charge is -2.17. The summed E-state index contributed by atoms with van der Waals surface area (Å²) in [6.07, 6.45) is 15.6. The predicted octanol–water partition coefficient (Wildman–Crippen LogP) is 3.12. The lowest BCUT2D eigenvalue weighted by molar-refractivity contribution is 0.130. The average Bonchev–Trinajstić information content (AvgIpc) is 2.43. The Morgan fingerprint density at radius 2 is 1.86 bits per heavy atom. The molecule has 0 spiro atoms. The quantitative estimate of drug-likeness (QED) is 0.538. The van der Waals surface area contributed by atoms with E-state index in [0.717, 1.165) is 18.8 Å². The van der Waals surface area contributed by atoms with E-state index in [1.807, 2.05) is 0 Å². The van der Waals surface area contributed by atoms with Gasteiger partial charge in [0, 0.05) is 6.42 Å². The van der Waals surface area contributed by atoms with Crippen molar-refractivity contribution < 1.29 is 5.11 Å². The topological polar surface area (TPSA) is 20.2 Å². The molecular weight excluding hydrogens is 172 g/mol. The molecule has 1 atom stereocenters. The summed E-state index contributed by atoms with van der Waals surface area (Å²) in [5.41, 5.74) is 0. The summed E-state index contributed by atoms with van der Waals surface area (Å²) in [6.45, 7) is 0. The number of aliphatic hydroxyl groups excluding tert-OH is 1. The largest absolute Gasteiger partial charge is 0.393 e. The average molecular weight is 194 g/mol. The molecule has 0 bridgehead atoms. The maximum atomic E-state index is 9.73. The van der Waals surface area contributed by atoms with Crippen LogP contribution < -0.4 is 0 Å². The minimum absolute atomic E-state index is 0.158. The first kappa shape index (κ1) is 11.6. The Morgan fingerprint density at radius 1 is 1.21 bits per heavy atom. The second-order valence-electron chi connectivity index (χ2n) is 4.49. The molecule has 0 heterocycles. The number of rotatable bonds is 4. The van der Waals surface area contributed by atoms with Crippen LogP contribution in [0.25, 0.3) is 0 Å². The zero-order valence-corrected chi connectivity index (χ0v) is 9.04. The molecule has 1 aliphatic carbocycles. The molecule has 0 aromatic carbocycles. The van der Waals surface area contributed by atoms with E-state index in [-0.39, 0.29) is 6.10 Å². The highest BCUT2D eigenvalue weighted by molar-refractivity contribution is 4.84. The highest BCUT2D eigenvalue weighted by atomic mass is 16.3. The number of terminal acetylenes is 1. The Hall–Kier alpha value is -0.480. The molecule has 0 saturated heterocycles. The molecule has 1 N–H and O–H groups in total. The minimum Gasteiger partial charge on any atom is -0.393 e. The number of hydrogen-bond acceptors (Lipinski definition) is 1. The monoisotopic (exact) mass is 194 g/mol. The summed E-state index contributed by atoms with van der Waals surface area (Å²) < 4.78 is 0. The van der Waals surface area contributed by atoms with Crippen molar-refractivity contribution in [1.29, 1.82) is 0 Å². The van der Waals surface area contributed by atoms with Gasteiger partial charge in [-0.3, -0.25) is 0 Å². The molecule has 1 nitrogen and oxygen atoms in total. The van der Waals surface area contributed by atoms with Crippen molar-refractivity contribution in [1.82, 2.24) is 0 Å². The van der Waals surface area contributed by atoms with Crippen LogP contribution >= 0.6 is 0 Å². The maximum absolute atomic E-state index is 9.73. The van der Waals surface area contributed by atoms with Gasteiger partial charge in [0.05, 0.1) is 6.10 Å². The summed E-state index contributed by atoms with van der Waals surface area (Å²) >= 11 is 0. The van der Waals surface area contributed by atoms with E-state index in [0.29, 0.717) is 6.42 Å². The zero-order valence-electron chi connectivity index (χ0n) is 9.04. The van der Waals surface area contributed by atoms with Crippen molar-refractivity contribution >= 4 is 0 Å². The van der Waals surface area contributed by atoms with E-state index in [1.165, 1.54) is 38.5 Å². The molecule has 1 saturated carbocycles. The molecule has 1 fully saturated rings. The van der Waals surface area contributed by atoms with Crippen LogP contribution in [-0.4, -0.2) is 11.2 Å². The van der Waals surface area contributed by atoms with Crippen LogP contribution in [0.2, 0.25) is 0 Å². The second kappa shape index (κ2) is 6.90. The molecule has 0 amide bonds. The van der Waals surface area contributed by atoms with Crippen LogP contribution in [0.3, 0.4) is 0 Å². The Morgan fingerprint density at radius 3 is 2.43 bits per heavy atom. The molecule has 0 radical (unpaired) electrons. The van der Waals surface area contributed by atoms with Crippen LogP contribution in [0, 0.1) is 18.3 Å². The van der Waals surface area contributed by atoms with E-state index in [9.17, 15) is 5.11 Å². The summed E-state index contributed by atoms with van der Waals surface area (Å²) in [5.74, 6) is 3.34. The van der Waals surface area contributed by atoms with Crippen LogP contribution in [-0.2, 0) is 0 Å². The number of hydrogen-bond donors (Lipinski definition) is 1. The fourth-order valence-electron chi connectivity index (χ4n) is 2.35. The van der Waals surface area contributed by atoms with E-state index >= 15 is 0 Å². The van der Waals surface area contributed by atoms with Gasteiger partial charge in [-0.05, 0) is 18.8 Å². The molecule has 80 valence electrons. The van der Waals surface area contributed by atoms with Crippen molar-refractivity contribution in [2.45, 2.75) is 63.9 Å². The minimum atomic E-state index is -0.158. The summed E-state index contributed by atoms with van der Waals surface area (Å²) in [7, 11) is 0. The molecule has 14 heavy (non-hydrogen) atoms. The standard InChI is InChI=1S/C13H22O/c1-2-3-10-13(14)11-12-8-6-4-5-7-9-12/h1,12-14H,3-11H2.